The van der Waals surface area contributed by atoms with Crippen molar-refractivity contribution >= 4 is 21.8 Å². The van der Waals surface area contributed by atoms with Crippen molar-refractivity contribution in [2.75, 3.05) is 0 Å². The molecule has 56 heavy (non-hydrogen) atoms. The summed E-state index contributed by atoms with van der Waals surface area (Å²) in [4.78, 5) is 9.48. The fourth-order valence-corrected chi connectivity index (χ4v) is 6.78. The second-order valence-electron chi connectivity index (χ2n) is 17.3. The van der Waals surface area contributed by atoms with Gasteiger partial charge in [0.1, 0.15) is 5.82 Å². The summed E-state index contributed by atoms with van der Waals surface area (Å²) < 4.78 is 12.3. The van der Waals surface area contributed by atoms with Gasteiger partial charge < -0.3 is 18.9 Å². The molecule has 7 nitrogen and oxygen atoms in total. The Morgan fingerprint density at radius 1 is 0.607 bits per heavy atom. The Morgan fingerprint density at radius 2 is 1.25 bits per heavy atom. The zero-order chi connectivity index (χ0) is 38.7. The summed E-state index contributed by atoms with van der Waals surface area (Å²) in [6.07, 6.45) is 7.09. The molecule has 8 rings (SSSR count). The second kappa shape index (κ2) is 14.6. The largest absolute Gasteiger partial charge is 0.522 e. The molecule has 0 unspecified atom stereocenters. The van der Waals surface area contributed by atoms with Crippen LogP contribution in [0.3, 0.4) is 0 Å². The predicted molar refractivity (Wildman–Crippen MR) is 220 cm³/mol. The number of nitrogens with zero attached hydrogens (tertiary/aromatic N) is 6. The fourth-order valence-electron chi connectivity index (χ4n) is 6.78. The molecular formula is C48H46N6OPt-2. The number of benzene rings is 4. The third-order valence-corrected chi connectivity index (χ3v) is 10.0. The van der Waals surface area contributed by atoms with Crippen LogP contribution in [0, 0.1) is 18.5 Å². The van der Waals surface area contributed by atoms with Gasteiger partial charge in [-0.2, -0.15) is 22.9 Å². The van der Waals surface area contributed by atoms with Crippen LogP contribution < -0.4 is 9.30 Å². The standard InChI is InChI=1S/C48H46N6O.Pt/c1-46(2,3)33-21-23-50-44(28-33)54-41-18-14-13-17-39(41)40-20-19-37(29-42(40)54)55-38-22-24-49-43(30-38)53-31-52(45(51-53)32-15-11-10-12-16-32)36-26-34(47(4,5)6)25-35(27-36)48(7,8)9;/h10-28H,1-9H3;/q-2;. The van der Waals surface area contributed by atoms with Crippen molar-refractivity contribution in [1.29, 1.82) is 0 Å². The van der Waals surface area contributed by atoms with Crippen molar-refractivity contribution < 1.29 is 30.4 Å². The van der Waals surface area contributed by atoms with Gasteiger partial charge in [0.2, 0.25) is 12.2 Å². The number of fused-ring (bicyclic) bond motifs is 3. The van der Waals surface area contributed by atoms with Crippen LogP contribution >= 0.6 is 0 Å². The molecule has 0 saturated carbocycles. The van der Waals surface area contributed by atoms with Crippen molar-refractivity contribution in [3.63, 3.8) is 0 Å². The maximum atomic E-state index is 6.48. The van der Waals surface area contributed by atoms with Gasteiger partial charge in [0, 0.05) is 49.8 Å². The number of ether oxygens (including phenoxy) is 1. The van der Waals surface area contributed by atoms with Gasteiger partial charge in [-0.05, 0) is 67.4 Å². The van der Waals surface area contributed by atoms with Crippen LogP contribution in [0.15, 0.2) is 116 Å². The summed E-state index contributed by atoms with van der Waals surface area (Å²) in [6, 6.07) is 42.3. The van der Waals surface area contributed by atoms with Gasteiger partial charge in [-0.3, -0.25) is 0 Å². The summed E-state index contributed by atoms with van der Waals surface area (Å²) in [5, 5.41) is 7.24. The summed E-state index contributed by atoms with van der Waals surface area (Å²) >= 11 is 0. The van der Waals surface area contributed by atoms with Gasteiger partial charge in [-0.1, -0.05) is 141 Å². The average molecular weight is 918 g/mol. The topological polar surface area (TPSA) is 61.6 Å². The molecule has 4 aromatic heterocycles. The Labute approximate surface area is 344 Å². The quantitative estimate of drug-likeness (QED) is 0.123. The van der Waals surface area contributed by atoms with E-state index in [9.17, 15) is 0 Å². The van der Waals surface area contributed by atoms with Gasteiger partial charge in [0.15, 0.2) is 0 Å². The van der Waals surface area contributed by atoms with Crippen LogP contribution in [0.25, 0.3) is 50.5 Å². The molecular weight excluding hydrogens is 872 g/mol. The third-order valence-electron chi connectivity index (χ3n) is 10.0. The van der Waals surface area contributed by atoms with Crippen molar-refractivity contribution in [2.45, 2.75) is 78.6 Å². The first kappa shape index (κ1) is 38.9. The molecule has 8 aromatic rings. The Hall–Kier alpha value is -5.39. The van der Waals surface area contributed by atoms with Crippen LogP contribution in [-0.4, -0.2) is 24.3 Å². The SMILES string of the molecule is CC(C)(C)c1cc(-[n+]2[c-]n(-c3[c-]c(Oc4[c-]c5c(cc4)c4ccccc4n5-c4cc(C(C)(C)C)ccn4)ccn3)nc2-c2ccccc2)cc(C(C)(C)C)c1.[Pt]. The first-order valence-corrected chi connectivity index (χ1v) is 18.8. The number of hydrogen-bond acceptors (Lipinski definition) is 4. The molecule has 0 saturated heterocycles. The molecule has 0 spiro atoms. The van der Waals surface area contributed by atoms with Gasteiger partial charge in [-0.15, -0.1) is 17.5 Å². The van der Waals surface area contributed by atoms with Gasteiger partial charge in [0.25, 0.3) is 0 Å². The maximum Gasteiger partial charge on any atom is 0.231 e. The van der Waals surface area contributed by atoms with Gasteiger partial charge in [0.05, 0.1) is 5.82 Å². The summed E-state index contributed by atoms with van der Waals surface area (Å²) in [5.41, 5.74) is 7.44. The number of rotatable bonds is 6. The van der Waals surface area contributed by atoms with Crippen molar-refractivity contribution in [2.24, 2.45) is 0 Å². The van der Waals surface area contributed by atoms with E-state index in [1.54, 1.807) is 16.9 Å². The molecule has 0 N–H and O–H groups in total. The summed E-state index contributed by atoms with van der Waals surface area (Å²) in [5.74, 6) is 3.07. The van der Waals surface area contributed by atoms with E-state index in [1.807, 2.05) is 35.0 Å². The molecule has 0 aliphatic carbocycles. The first-order chi connectivity index (χ1) is 26.1. The zero-order valence-corrected chi connectivity index (χ0v) is 35.6. The van der Waals surface area contributed by atoms with Crippen LogP contribution in [-0.2, 0) is 37.3 Å². The molecule has 0 bridgehead atoms. The van der Waals surface area contributed by atoms with E-state index in [1.165, 1.54) is 16.7 Å². The van der Waals surface area contributed by atoms with E-state index in [4.69, 9.17) is 14.8 Å². The van der Waals surface area contributed by atoms with E-state index < -0.39 is 0 Å². The monoisotopic (exact) mass is 917 g/mol. The van der Waals surface area contributed by atoms with Crippen LogP contribution in [0.5, 0.6) is 11.5 Å². The fraction of sp³-hybridized carbons (Fsp3) is 0.250. The second-order valence-corrected chi connectivity index (χ2v) is 17.3. The minimum Gasteiger partial charge on any atom is -0.522 e. The van der Waals surface area contributed by atoms with Crippen molar-refractivity contribution in [3.05, 3.63) is 151 Å². The molecule has 4 heterocycles. The van der Waals surface area contributed by atoms with Crippen molar-refractivity contribution in [1.82, 2.24) is 24.3 Å². The molecule has 0 aliphatic heterocycles. The molecule has 8 heteroatoms. The first-order valence-electron chi connectivity index (χ1n) is 18.8. The third kappa shape index (κ3) is 7.57. The number of aromatic nitrogens is 6. The summed E-state index contributed by atoms with van der Waals surface area (Å²) in [6.45, 7) is 20.1. The minimum absolute atomic E-state index is 0. The Balaban J connectivity index is 0.00000480. The Morgan fingerprint density at radius 3 is 1.95 bits per heavy atom. The van der Waals surface area contributed by atoms with Crippen molar-refractivity contribution in [3.8, 4) is 40.2 Å². The zero-order valence-electron chi connectivity index (χ0n) is 33.4. The van der Waals surface area contributed by atoms with Gasteiger partial charge in [-0.25, -0.2) is 4.98 Å². The average Bonchev–Trinajstić information content (AvgIpc) is 3.74. The Kier molecular flexibility index (Phi) is 10.1. The predicted octanol–water partition coefficient (Wildman–Crippen LogP) is 10.8. The molecule has 286 valence electrons. The van der Waals surface area contributed by atoms with E-state index in [2.05, 4.69) is 163 Å². The molecule has 0 aliphatic rings. The normalized spacial score (nSPS) is 12.2. The molecule has 4 aromatic carbocycles. The van der Waals surface area contributed by atoms with Crippen LogP contribution in [0.2, 0.25) is 0 Å². The number of para-hydroxylation sites is 1. The van der Waals surface area contributed by atoms with Crippen LogP contribution in [0.1, 0.15) is 79.0 Å². The smallest absolute Gasteiger partial charge is 0.231 e. The van der Waals surface area contributed by atoms with E-state index in [0.29, 0.717) is 17.3 Å². The number of pyridine rings is 2. The summed E-state index contributed by atoms with van der Waals surface area (Å²) in [7, 11) is 0. The van der Waals surface area contributed by atoms with E-state index in [0.717, 1.165) is 44.7 Å². The molecule has 0 amide bonds. The number of hydrogen-bond donors (Lipinski definition) is 0. The minimum atomic E-state index is -0.0537. The van der Waals surface area contributed by atoms with Gasteiger partial charge >= 0.3 is 0 Å². The molecule has 0 atom stereocenters. The van der Waals surface area contributed by atoms with Crippen LogP contribution in [0.4, 0.5) is 0 Å². The van der Waals surface area contributed by atoms with E-state index >= 15 is 0 Å². The Bertz CT molecular complexity index is 2660. The van der Waals surface area contributed by atoms with E-state index in [-0.39, 0.29) is 37.3 Å². The molecule has 0 fully saturated rings. The maximum absolute atomic E-state index is 6.48. The molecule has 0 radical (unpaired) electrons.